The first-order chi connectivity index (χ1) is 10.9. The number of esters is 2. The molecule has 0 amide bonds. The number of hydrogen-bond donors (Lipinski definition) is 0. The fourth-order valence-corrected chi connectivity index (χ4v) is 3.37. The van der Waals surface area contributed by atoms with Gasteiger partial charge in [-0.05, 0) is 12.8 Å². The van der Waals surface area contributed by atoms with Crippen molar-refractivity contribution < 1.29 is 28.5 Å². The lowest BCUT2D eigenvalue weighted by Crippen LogP contribution is -2.44. The van der Waals surface area contributed by atoms with Gasteiger partial charge < -0.3 is 18.9 Å². The molecule has 0 aliphatic carbocycles. The highest BCUT2D eigenvalue weighted by molar-refractivity contribution is 6.77. The van der Waals surface area contributed by atoms with Crippen molar-refractivity contribution in [3.8, 4) is 0 Å². The normalized spacial score (nSPS) is 23.8. The summed E-state index contributed by atoms with van der Waals surface area (Å²) in [5.41, 5.74) is 0. The molecule has 0 N–H and O–H groups in total. The summed E-state index contributed by atoms with van der Waals surface area (Å²) in [5, 5.41) is 0. The van der Waals surface area contributed by atoms with E-state index in [0.29, 0.717) is 25.7 Å². The Labute approximate surface area is 139 Å². The van der Waals surface area contributed by atoms with Crippen molar-refractivity contribution >= 4 is 20.0 Å². The molecule has 0 aromatic heterocycles. The highest BCUT2D eigenvalue weighted by atomic mass is 28.3. The summed E-state index contributed by atoms with van der Waals surface area (Å²) < 4.78 is 21.9. The van der Waals surface area contributed by atoms with Gasteiger partial charge in [0.05, 0.1) is 13.2 Å². The zero-order valence-corrected chi connectivity index (χ0v) is 15.8. The maximum atomic E-state index is 12.3. The summed E-state index contributed by atoms with van der Waals surface area (Å²) in [6.07, 6.45) is 2.27. The molecule has 1 aliphatic rings. The van der Waals surface area contributed by atoms with E-state index >= 15 is 0 Å². The molecule has 23 heavy (non-hydrogen) atoms. The molecule has 2 unspecified atom stereocenters. The molecule has 0 radical (unpaired) electrons. The quantitative estimate of drug-likeness (QED) is 0.381. The zero-order valence-electron chi connectivity index (χ0n) is 14.8. The number of rotatable bonds is 8. The van der Waals surface area contributed by atoms with E-state index in [1.807, 2.05) is 13.8 Å². The first kappa shape index (κ1) is 20.1. The van der Waals surface area contributed by atoms with E-state index in [2.05, 4.69) is 13.1 Å². The summed E-state index contributed by atoms with van der Waals surface area (Å²) >= 11 is 0. The maximum Gasteiger partial charge on any atom is 0.338 e. The topological polar surface area (TPSA) is 71.1 Å². The minimum absolute atomic E-state index is 0.327. The van der Waals surface area contributed by atoms with Crippen molar-refractivity contribution in [2.24, 2.45) is 0 Å². The number of unbranched alkanes of at least 4 members (excludes halogenated alkanes) is 2. The molecule has 134 valence electrons. The fourth-order valence-electron chi connectivity index (χ4n) is 2.03. The average Bonchev–Trinajstić information content (AvgIpc) is 2.66. The van der Waals surface area contributed by atoms with E-state index in [4.69, 9.17) is 18.9 Å². The Balaban J connectivity index is 2.73. The van der Waals surface area contributed by atoms with Gasteiger partial charge in [0, 0.05) is 12.5 Å². The lowest BCUT2D eigenvalue weighted by Gasteiger charge is -2.21. The second-order valence-corrected chi connectivity index (χ2v) is 11.6. The Morgan fingerprint density at radius 2 is 1.30 bits per heavy atom. The largest absolute Gasteiger partial charge is 0.464 e. The summed E-state index contributed by atoms with van der Waals surface area (Å²) in [4.78, 5) is 24.5. The molecule has 0 aromatic rings. The van der Waals surface area contributed by atoms with Crippen LogP contribution in [0.1, 0.15) is 39.5 Å². The Hall–Kier alpha value is -0.923. The van der Waals surface area contributed by atoms with Crippen LogP contribution >= 0.6 is 0 Å². The molecule has 1 aliphatic heterocycles. The van der Waals surface area contributed by atoms with Gasteiger partial charge in [0.15, 0.2) is 12.2 Å². The SMILES string of the molecule is CCCCOC(=O)C1OC[Si](C)(C)COC1C(=O)OCCCC. The number of hydrogen-bond acceptors (Lipinski definition) is 6. The monoisotopic (exact) mass is 346 g/mol. The highest BCUT2D eigenvalue weighted by Crippen LogP contribution is 2.19. The summed E-state index contributed by atoms with van der Waals surface area (Å²) in [5.74, 6) is -1.08. The molecule has 0 bridgehead atoms. The molecule has 0 aromatic carbocycles. The van der Waals surface area contributed by atoms with Crippen LogP contribution in [0.15, 0.2) is 0 Å². The molecule has 7 heteroatoms. The maximum absolute atomic E-state index is 12.3. The smallest absolute Gasteiger partial charge is 0.338 e. The van der Waals surface area contributed by atoms with Crippen molar-refractivity contribution in [1.29, 1.82) is 0 Å². The van der Waals surface area contributed by atoms with E-state index in [1.54, 1.807) is 0 Å². The first-order valence-electron chi connectivity index (χ1n) is 8.47. The van der Waals surface area contributed by atoms with E-state index in [-0.39, 0.29) is 0 Å². The number of carbonyl (C=O) groups is 2. The molecule has 1 heterocycles. The molecule has 1 rings (SSSR count). The third-order valence-electron chi connectivity index (χ3n) is 3.53. The van der Waals surface area contributed by atoms with Crippen LogP contribution in [0.25, 0.3) is 0 Å². The van der Waals surface area contributed by atoms with Crippen LogP contribution in [0.2, 0.25) is 13.1 Å². The lowest BCUT2D eigenvalue weighted by atomic mass is 10.2. The van der Waals surface area contributed by atoms with Crippen molar-refractivity contribution in [2.75, 3.05) is 25.7 Å². The van der Waals surface area contributed by atoms with Gasteiger partial charge >= 0.3 is 11.9 Å². The van der Waals surface area contributed by atoms with Crippen LogP contribution in [-0.4, -0.2) is 57.9 Å². The van der Waals surface area contributed by atoms with Crippen molar-refractivity contribution in [3.63, 3.8) is 0 Å². The minimum atomic E-state index is -1.75. The van der Waals surface area contributed by atoms with Gasteiger partial charge in [-0.15, -0.1) is 0 Å². The molecule has 0 saturated carbocycles. The van der Waals surface area contributed by atoms with Gasteiger partial charge in [0.2, 0.25) is 0 Å². The highest BCUT2D eigenvalue weighted by Gasteiger charge is 2.43. The van der Waals surface area contributed by atoms with Crippen LogP contribution in [-0.2, 0) is 28.5 Å². The second kappa shape index (κ2) is 10.0. The van der Waals surface area contributed by atoms with E-state index < -0.39 is 32.2 Å². The zero-order chi connectivity index (χ0) is 17.3. The number of carbonyl (C=O) groups excluding carboxylic acids is 2. The molecule has 2 atom stereocenters. The molecular formula is C16H30O6Si. The third kappa shape index (κ3) is 7.01. The lowest BCUT2D eigenvalue weighted by molar-refractivity contribution is -0.178. The van der Waals surface area contributed by atoms with Gasteiger partial charge in [-0.3, -0.25) is 0 Å². The van der Waals surface area contributed by atoms with E-state index in [0.717, 1.165) is 25.7 Å². The van der Waals surface area contributed by atoms with Crippen LogP contribution in [0.5, 0.6) is 0 Å². The van der Waals surface area contributed by atoms with Crippen LogP contribution in [0.3, 0.4) is 0 Å². The van der Waals surface area contributed by atoms with Gasteiger partial charge in [0.1, 0.15) is 8.07 Å². The minimum Gasteiger partial charge on any atom is -0.464 e. The van der Waals surface area contributed by atoms with Crippen molar-refractivity contribution in [2.45, 2.75) is 64.8 Å². The molecule has 1 saturated heterocycles. The molecular weight excluding hydrogens is 316 g/mol. The summed E-state index contributed by atoms with van der Waals surface area (Å²) in [6, 6.07) is 0. The average molecular weight is 346 g/mol. The number of ether oxygens (including phenoxy) is 4. The van der Waals surface area contributed by atoms with Gasteiger partial charge in [-0.25, -0.2) is 9.59 Å². The van der Waals surface area contributed by atoms with Crippen molar-refractivity contribution in [1.82, 2.24) is 0 Å². The standard InChI is InChI=1S/C16H30O6Si/c1-5-7-9-19-15(17)13-14(16(18)20-10-8-6-2)22-12-23(3,4)11-21-13/h13-14H,5-12H2,1-4H3. The van der Waals surface area contributed by atoms with E-state index in [1.165, 1.54) is 0 Å². The van der Waals surface area contributed by atoms with Gasteiger partial charge in [-0.2, -0.15) is 0 Å². The molecule has 6 nitrogen and oxygen atoms in total. The van der Waals surface area contributed by atoms with E-state index in [9.17, 15) is 9.59 Å². The molecule has 0 spiro atoms. The third-order valence-corrected chi connectivity index (χ3v) is 5.43. The van der Waals surface area contributed by atoms with Gasteiger partial charge in [0.25, 0.3) is 0 Å². The van der Waals surface area contributed by atoms with Crippen LogP contribution < -0.4 is 0 Å². The molecule has 1 fully saturated rings. The second-order valence-electron chi connectivity index (χ2n) is 6.67. The summed E-state index contributed by atoms with van der Waals surface area (Å²) in [7, 11) is -1.75. The van der Waals surface area contributed by atoms with Gasteiger partial charge in [-0.1, -0.05) is 39.8 Å². The van der Waals surface area contributed by atoms with Crippen LogP contribution in [0.4, 0.5) is 0 Å². The summed E-state index contributed by atoms with van der Waals surface area (Å²) in [6.45, 7) is 8.87. The predicted octanol–water partition coefficient (Wildman–Crippen LogP) is 2.24. The Morgan fingerprint density at radius 1 is 0.913 bits per heavy atom. The Kier molecular flexibility index (Phi) is 8.79. The first-order valence-corrected chi connectivity index (χ1v) is 11.9. The Morgan fingerprint density at radius 3 is 1.65 bits per heavy atom. The van der Waals surface area contributed by atoms with Crippen LogP contribution in [0, 0.1) is 0 Å². The predicted molar refractivity (Wildman–Crippen MR) is 88.7 cm³/mol. The van der Waals surface area contributed by atoms with Crippen molar-refractivity contribution in [3.05, 3.63) is 0 Å². The Bertz CT molecular complexity index is 351. The fraction of sp³-hybridized carbons (Fsp3) is 0.875.